The Morgan fingerprint density at radius 1 is 1.40 bits per heavy atom. The minimum atomic E-state index is 0.0993. The molecular weight excluding hydrogens is 254 g/mol. The second-order valence-electron chi connectivity index (χ2n) is 4.63. The first-order valence-corrected chi connectivity index (χ1v) is 6.60. The van der Waals surface area contributed by atoms with E-state index in [1.54, 1.807) is 0 Å². The number of hydrogen-bond donors (Lipinski definition) is 2. The summed E-state index contributed by atoms with van der Waals surface area (Å²) in [4.78, 5) is 0. The maximum absolute atomic E-state index is 9.18. The molecule has 0 bridgehead atoms. The van der Waals surface area contributed by atoms with Crippen molar-refractivity contribution >= 4 is 16.6 Å². The van der Waals surface area contributed by atoms with Crippen LogP contribution in [0.3, 0.4) is 0 Å². The third-order valence-electron chi connectivity index (χ3n) is 3.28. The van der Waals surface area contributed by atoms with E-state index in [-0.39, 0.29) is 6.10 Å². The molecule has 3 rings (SSSR count). The number of nitrogens with one attached hydrogen (secondary N) is 2. The highest BCUT2D eigenvalue weighted by atomic mass is 16.5. The fourth-order valence-corrected chi connectivity index (χ4v) is 2.28. The highest BCUT2D eigenvalue weighted by Gasteiger charge is 2.15. The van der Waals surface area contributed by atoms with Gasteiger partial charge in [0.05, 0.1) is 23.9 Å². The molecule has 102 valence electrons. The molecule has 6 heteroatoms. The summed E-state index contributed by atoms with van der Waals surface area (Å²) < 4.78 is 5.64. The van der Waals surface area contributed by atoms with Crippen LogP contribution >= 0.6 is 0 Å². The summed E-state index contributed by atoms with van der Waals surface area (Å²) in [6, 6.07) is 9.73. The number of ether oxygens (including phenoxy) is 1. The third kappa shape index (κ3) is 2.54. The quantitative estimate of drug-likeness (QED) is 0.861. The number of rotatable bonds is 3. The summed E-state index contributed by atoms with van der Waals surface area (Å²) in [5.74, 6) is 0. The lowest BCUT2D eigenvalue weighted by atomic mass is 10.1. The van der Waals surface area contributed by atoms with E-state index in [9.17, 15) is 5.26 Å². The Bertz CT molecular complexity index is 646. The van der Waals surface area contributed by atoms with Gasteiger partial charge in [0.2, 0.25) is 0 Å². The summed E-state index contributed by atoms with van der Waals surface area (Å²) in [6.45, 7) is 3.05. The standard InChI is InChI=1S/C14H15N5O/c15-7-13-14(17-9-10-8-16-5-6-20-10)11-3-1-2-4-12(11)18-19-13/h1-4,10,16H,5-6,8-9H2,(H,17,18). The molecule has 20 heavy (non-hydrogen) atoms. The van der Waals surface area contributed by atoms with Crippen LogP contribution in [0.15, 0.2) is 24.3 Å². The van der Waals surface area contributed by atoms with Gasteiger partial charge in [-0.15, -0.1) is 10.2 Å². The molecule has 1 fully saturated rings. The van der Waals surface area contributed by atoms with Crippen LogP contribution in [-0.2, 0) is 4.74 Å². The summed E-state index contributed by atoms with van der Waals surface area (Å²) in [5, 5.41) is 24.7. The fraction of sp³-hybridized carbons (Fsp3) is 0.357. The molecule has 2 heterocycles. The average Bonchev–Trinajstić information content (AvgIpc) is 2.53. The molecule has 1 unspecified atom stereocenters. The topological polar surface area (TPSA) is 82.9 Å². The molecule has 1 saturated heterocycles. The van der Waals surface area contributed by atoms with Crippen LogP contribution in [-0.4, -0.2) is 42.5 Å². The molecule has 1 aliphatic heterocycles. The van der Waals surface area contributed by atoms with E-state index in [0.717, 1.165) is 29.7 Å². The molecule has 0 aliphatic carbocycles. The number of morpholine rings is 1. The van der Waals surface area contributed by atoms with Crippen molar-refractivity contribution < 1.29 is 4.74 Å². The van der Waals surface area contributed by atoms with Gasteiger partial charge in [-0.2, -0.15) is 5.26 Å². The number of nitrogens with zero attached hydrogens (tertiary/aromatic N) is 3. The molecule has 6 nitrogen and oxygen atoms in total. The minimum Gasteiger partial charge on any atom is -0.379 e. The van der Waals surface area contributed by atoms with Crippen LogP contribution in [0.25, 0.3) is 10.9 Å². The van der Waals surface area contributed by atoms with Crippen molar-refractivity contribution in [2.75, 3.05) is 31.6 Å². The van der Waals surface area contributed by atoms with Crippen molar-refractivity contribution in [3.63, 3.8) is 0 Å². The van der Waals surface area contributed by atoms with E-state index >= 15 is 0 Å². The molecule has 1 atom stereocenters. The zero-order valence-electron chi connectivity index (χ0n) is 11.0. The van der Waals surface area contributed by atoms with Crippen molar-refractivity contribution in [1.82, 2.24) is 15.5 Å². The Kier molecular flexibility index (Phi) is 3.72. The molecule has 0 saturated carbocycles. The van der Waals surface area contributed by atoms with Crippen LogP contribution < -0.4 is 10.6 Å². The number of fused-ring (bicyclic) bond motifs is 1. The van der Waals surface area contributed by atoms with E-state index in [4.69, 9.17) is 4.74 Å². The Morgan fingerprint density at radius 3 is 3.10 bits per heavy atom. The van der Waals surface area contributed by atoms with Crippen molar-refractivity contribution in [1.29, 1.82) is 5.26 Å². The van der Waals surface area contributed by atoms with Crippen LogP contribution in [0.1, 0.15) is 5.69 Å². The fourth-order valence-electron chi connectivity index (χ4n) is 2.28. The largest absolute Gasteiger partial charge is 0.379 e. The van der Waals surface area contributed by atoms with E-state index in [1.165, 1.54) is 0 Å². The summed E-state index contributed by atoms with van der Waals surface area (Å²) in [6.07, 6.45) is 0.0993. The second kappa shape index (κ2) is 5.82. The molecule has 1 aromatic carbocycles. The molecule has 2 N–H and O–H groups in total. The van der Waals surface area contributed by atoms with Gasteiger partial charge in [0.25, 0.3) is 0 Å². The van der Waals surface area contributed by atoms with E-state index in [0.29, 0.717) is 18.8 Å². The molecule has 1 aromatic heterocycles. The van der Waals surface area contributed by atoms with Gasteiger partial charge in [-0.25, -0.2) is 0 Å². The molecule has 0 amide bonds. The second-order valence-corrected chi connectivity index (χ2v) is 4.63. The SMILES string of the molecule is N#Cc1nnc2ccccc2c1NCC1CNCCO1. The summed E-state index contributed by atoms with van der Waals surface area (Å²) >= 11 is 0. The van der Waals surface area contributed by atoms with Crippen LogP contribution in [0, 0.1) is 11.3 Å². The highest BCUT2D eigenvalue weighted by Crippen LogP contribution is 2.23. The average molecular weight is 269 g/mol. The van der Waals surface area contributed by atoms with Gasteiger partial charge in [0, 0.05) is 25.0 Å². The highest BCUT2D eigenvalue weighted by molar-refractivity contribution is 5.92. The maximum atomic E-state index is 9.18. The first-order valence-electron chi connectivity index (χ1n) is 6.60. The number of nitriles is 1. The monoisotopic (exact) mass is 269 g/mol. The lowest BCUT2D eigenvalue weighted by molar-refractivity contribution is 0.0372. The predicted octanol–water partition coefficient (Wildman–Crippen LogP) is 0.902. The van der Waals surface area contributed by atoms with Gasteiger partial charge in [-0.1, -0.05) is 18.2 Å². The summed E-state index contributed by atoms with van der Waals surface area (Å²) in [5.41, 5.74) is 1.82. The third-order valence-corrected chi connectivity index (χ3v) is 3.28. The van der Waals surface area contributed by atoms with Crippen molar-refractivity contribution in [2.45, 2.75) is 6.10 Å². The van der Waals surface area contributed by atoms with Gasteiger partial charge in [0.15, 0.2) is 5.69 Å². The number of anilines is 1. The number of hydrogen-bond acceptors (Lipinski definition) is 6. The zero-order chi connectivity index (χ0) is 13.8. The van der Waals surface area contributed by atoms with Gasteiger partial charge >= 0.3 is 0 Å². The molecule has 0 spiro atoms. The Morgan fingerprint density at radius 2 is 2.30 bits per heavy atom. The first kappa shape index (κ1) is 12.8. The van der Waals surface area contributed by atoms with E-state index in [2.05, 4.69) is 26.9 Å². The smallest absolute Gasteiger partial charge is 0.186 e. The normalized spacial score (nSPS) is 18.6. The van der Waals surface area contributed by atoms with Crippen molar-refractivity contribution in [3.05, 3.63) is 30.0 Å². The lowest BCUT2D eigenvalue weighted by Gasteiger charge is -2.24. The summed E-state index contributed by atoms with van der Waals surface area (Å²) in [7, 11) is 0. The van der Waals surface area contributed by atoms with Crippen LogP contribution in [0.2, 0.25) is 0 Å². The Balaban J connectivity index is 1.87. The van der Waals surface area contributed by atoms with E-state index in [1.807, 2.05) is 24.3 Å². The Hall–Kier alpha value is -2.23. The van der Waals surface area contributed by atoms with E-state index < -0.39 is 0 Å². The predicted molar refractivity (Wildman–Crippen MR) is 75.4 cm³/mol. The van der Waals surface area contributed by atoms with Crippen LogP contribution in [0.5, 0.6) is 0 Å². The molecule has 2 aromatic rings. The van der Waals surface area contributed by atoms with Crippen molar-refractivity contribution in [2.24, 2.45) is 0 Å². The van der Waals surface area contributed by atoms with Gasteiger partial charge in [-0.3, -0.25) is 0 Å². The molecular formula is C14H15N5O. The zero-order valence-corrected chi connectivity index (χ0v) is 11.0. The maximum Gasteiger partial charge on any atom is 0.186 e. The Labute approximate surface area is 116 Å². The van der Waals surface area contributed by atoms with Gasteiger partial charge in [0.1, 0.15) is 6.07 Å². The molecule has 1 aliphatic rings. The lowest BCUT2D eigenvalue weighted by Crippen LogP contribution is -2.42. The number of aromatic nitrogens is 2. The first-order chi connectivity index (χ1) is 9.88. The minimum absolute atomic E-state index is 0.0993. The van der Waals surface area contributed by atoms with Crippen LogP contribution in [0.4, 0.5) is 5.69 Å². The van der Waals surface area contributed by atoms with Crippen molar-refractivity contribution in [3.8, 4) is 6.07 Å². The molecule has 0 radical (unpaired) electrons. The van der Waals surface area contributed by atoms with Gasteiger partial charge < -0.3 is 15.4 Å². The number of benzene rings is 1. The van der Waals surface area contributed by atoms with Gasteiger partial charge in [-0.05, 0) is 6.07 Å².